The molecule has 0 spiro atoms. The highest BCUT2D eigenvalue weighted by atomic mass is 16.5. The number of aromatic nitrogens is 1. The lowest BCUT2D eigenvalue weighted by Crippen LogP contribution is -2.02. The van der Waals surface area contributed by atoms with Crippen molar-refractivity contribution in [2.24, 2.45) is 0 Å². The number of hydrogen-bond donors (Lipinski definition) is 2. The lowest BCUT2D eigenvalue weighted by atomic mass is 10.2. The van der Waals surface area contributed by atoms with Crippen molar-refractivity contribution in [3.63, 3.8) is 0 Å². The van der Waals surface area contributed by atoms with E-state index in [1.807, 2.05) is 25.2 Å². The SMILES string of the molecule is CNc1cccc(COc2ccc(CO)cc2OC)n1. The van der Waals surface area contributed by atoms with Crippen molar-refractivity contribution in [2.45, 2.75) is 13.2 Å². The van der Waals surface area contributed by atoms with Crippen molar-refractivity contribution in [1.82, 2.24) is 4.98 Å². The topological polar surface area (TPSA) is 63.6 Å². The number of nitrogens with one attached hydrogen (secondary N) is 1. The Morgan fingerprint density at radius 2 is 2.05 bits per heavy atom. The molecular formula is C15H18N2O3. The molecule has 0 saturated carbocycles. The number of benzene rings is 1. The first-order valence-corrected chi connectivity index (χ1v) is 6.31. The Balaban J connectivity index is 2.10. The molecule has 20 heavy (non-hydrogen) atoms. The summed E-state index contributed by atoms with van der Waals surface area (Å²) in [7, 11) is 3.40. The average Bonchev–Trinajstić information content (AvgIpc) is 2.52. The van der Waals surface area contributed by atoms with Crippen molar-refractivity contribution >= 4 is 5.82 Å². The summed E-state index contributed by atoms with van der Waals surface area (Å²) in [5.41, 5.74) is 1.61. The Morgan fingerprint density at radius 3 is 2.75 bits per heavy atom. The van der Waals surface area contributed by atoms with E-state index >= 15 is 0 Å². The predicted octanol–water partition coefficient (Wildman–Crippen LogP) is 2.20. The zero-order valence-corrected chi connectivity index (χ0v) is 11.6. The maximum absolute atomic E-state index is 9.10. The third-order valence-electron chi connectivity index (χ3n) is 2.85. The number of aliphatic hydroxyl groups is 1. The zero-order valence-electron chi connectivity index (χ0n) is 11.6. The third-order valence-corrected chi connectivity index (χ3v) is 2.85. The molecule has 2 aromatic rings. The molecule has 1 aromatic heterocycles. The summed E-state index contributed by atoms with van der Waals surface area (Å²) in [6.07, 6.45) is 0. The molecule has 5 heteroatoms. The van der Waals surface area contributed by atoms with Gasteiger partial charge in [-0.1, -0.05) is 12.1 Å². The van der Waals surface area contributed by atoms with Gasteiger partial charge in [0.1, 0.15) is 12.4 Å². The fourth-order valence-corrected chi connectivity index (χ4v) is 1.78. The molecule has 2 rings (SSSR count). The highest BCUT2D eigenvalue weighted by molar-refractivity contribution is 5.43. The second-order valence-corrected chi connectivity index (χ2v) is 4.20. The van der Waals surface area contributed by atoms with Gasteiger partial charge in [0.05, 0.1) is 19.4 Å². The second kappa shape index (κ2) is 6.77. The quantitative estimate of drug-likeness (QED) is 0.845. The lowest BCUT2D eigenvalue weighted by Gasteiger charge is -2.11. The highest BCUT2D eigenvalue weighted by Crippen LogP contribution is 2.28. The van der Waals surface area contributed by atoms with Crippen LogP contribution in [0.5, 0.6) is 11.5 Å². The van der Waals surface area contributed by atoms with E-state index in [1.165, 1.54) is 0 Å². The van der Waals surface area contributed by atoms with Gasteiger partial charge in [-0.3, -0.25) is 0 Å². The Kier molecular flexibility index (Phi) is 4.79. The van der Waals surface area contributed by atoms with Crippen molar-refractivity contribution in [1.29, 1.82) is 0 Å². The maximum atomic E-state index is 9.10. The summed E-state index contributed by atoms with van der Waals surface area (Å²) in [4.78, 5) is 4.38. The first kappa shape index (κ1) is 14.1. The Hall–Kier alpha value is -2.27. The van der Waals surface area contributed by atoms with Crippen LogP contribution in [-0.2, 0) is 13.2 Å². The van der Waals surface area contributed by atoms with E-state index in [2.05, 4.69) is 10.3 Å². The van der Waals surface area contributed by atoms with E-state index < -0.39 is 0 Å². The Labute approximate surface area is 118 Å². The summed E-state index contributed by atoms with van der Waals surface area (Å²) in [5, 5.41) is 12.1. The van der Waals surface area contributed by atoms with Crippen LogP contribution in [0, 0.1) is 0 Å². The number of hydrogen-bond acceptors (Lipinski definition) is 5. The number of pyridine rings is 1. The van der Waals surface area contributed by atoms with E-state index in [0.29, 0.717) is 18.1 Å². The predicted molar refractivity (Wildman–Crippen MR) is 77.0 cm³/mol. The molecule has 0 atom stereocenters. The molecule has 1 heterocycles. The molecule has 2 N–H and O–H groups in total. The highest BCUT2D eigenvalue weighted by Gasteiger charge is 2.06. The van der Waals surface area contributed by atoms with Crippen LogP contribution < -0.4 is 14.8 Å². The van der Waals surface area contributed by atoms with Gasteiger partial charge in [0.25, 0.3) is 0 Å². The molecular weight excluding hydrogens is 256 g/mol. The first-order chi connectivity index (χ1) is 9.76. The molecule has 5 nitrogen and oxygen atoms in total. The number of anilines is 1. The van der Waals surface area contributed by atoms with Crippen LogP contribution in [0.4, 0.5) is 5.82 Å². The Morgan fingerprint density at radius 1 is 1.20 bits per heavy atom. The largest absolute Gasteiger partial charge is 0.493 e. The van der Waals surface area contributed by atoms with Gasteiger partial charge < -0.3 is 19.9 Å². The number of methoxy groups -OCH3 is 1. The van der Waals surface area contributed by atoms with Gasteiger partial charge in [-0.05, 0) is 29.8 Å². The molecule has 0 saturated heterocycles. The lowest BCUT2D eigenvalue weighted by molar-refractivity contribution is 0.272. The van der Waals surface area contributed by atoms with Crippen molar-refractivity contribution < 1.29 is 14.6 Å². The smallest absolute Gasteiger partial charge is 0.161 e. The first-order valence-electron chi connectivity index (χ1n) is 6.31. The minimum atomic E-state index is -0.0254. The number of nitrogens with zero attached hydrogens (tertiary/aromatic N) is 1. The summed E-state index contributed by atoms with van der Waals surface area (Å²) in [6.45, 7) is 0.326. The van der Waals surface area contributed by atoms with Crippen LogP contribution in [-0.4, -0.2) is 24.2 Å². The van der Waals surface area contributed by atoms with Crippen LogP contribution in [0.25, 0.3) is 0 Å². The monoisotopic (exact) mass is 274 g/mol. The van der Waals surface area contributed by atoms with E-state index in [1.54, 1.807) is 25.3 Å². The number of aliphatic hydroxyl groups excluding tert-OH is 1. The van der Waals surface area contributed by atoms with Gasteiger partial charge in [-0.2, -0.15) is 0 Å². The molecule has 0 amide bonds. The molecule has 0 aliphatic rings. The van der Waals surface area contributed by atoms with Gasteiger partial charge in [0, 0.05) is 7.05 Å². The maximum Gasteiger partial charge on any atom is 0.161 e. The van der Waals surface area contributed by atoms with Crippen LogP contribution in [0.3, 0.4) is 0 Å². The fraction of sp³-hybridized carbons (Fsp3) is 0.267. The molecule has 0 aliphatic carbocycles. The minimum absolute atomic E-state index is 0.0254. The van der Waals surface area contributed by atoms with Crippen LogP contribution >= 0.6 is 0 Å². The van der Waals surface area contributed by atoms with E-state index in [0.717, 1.165) is 17.1 Å². The fourth-order valence-electron chi connectivity index (χ4n) is 1.78. The number of ether oxygens (including phenoxy) is 2. The minimum Gasteiger partial charge on any atom is -0.493 e. The summed E-state index contributed by atoms with van der Waals surface area (Å²) in [5.74, 6) is 2.02. The molecule has 0 aliphatic heterocycles. The number of rotatable bonds is 6. The van der Waals surface area contributed by atoms with Gasteiger partial charge in [0.2, 0.25) is 0 Å². The molecule has 0 radical (unpaired) electrons. The molecule has 0 fully saturated rings. The Bertz CT molecular complexity index is 573. The van der Waals surface area contributed by atoms with Crippen LogP contribution in [0.2, 0.25) is 0 Å². The van der Waals surface area contributed by atoms with Gasteiger partial charge >= 0.3 is 0 Å². The zero-order chi connectivity index (χ0) is 14.4. The van der Waals surface area contributed by atoms with Crippen LogP contribution in [0.1, 0.15) is 11.3 Å². The molecule has 0 unspecified atom stereocenters. The molecule has 1 aromatic carbocycles. The van der Waals surface area contributed by atoms with E-state index in [-0.39, 0.29) is 6.61 Å². The van der Waals surface area contributed by atoms with Gasteiger partial charge in [-0.15, -0.1) is 0 Å². The summed E-state index contributed by atoms with van der Waals surface area (Å²) >= 11 is 0. The average molecular weight is 274 g/mol. The van der Waals surface area contributed by atoms with Gasteiger partial charge in [0.15, 0.2) is 11.5 Å². The van der Waals surface area contributed by atoms with Crippen molar-refractivity contribution in [2.75, 3.05) is 19.5 Å². The standard InChI is InChI=1S/C15H18N2O3/c1-16-15-5-3-4-12(17-15)10-20-13-7-6-11(9-18)8-14(13)19-2/h3-8,18H,9-10H2,1-2H3,(H,16,17). The van der Waals surface area contributed by atoms with E-state index in [4.69, 9.17) is 14.6 Å². The van der Waals surface area contributed by atoms with E-state index in [9.17, 15) is 0 Å². The summed E-state index contributed by atoms with van der Waals surface area (Å²) in [6, 6.07) is 11.0. The second-order valence-electron chi connectivity index (χ2n) is 4.20. The van der Waals surface area contributed by atoms with Gasteiger partial charge in [-0.25, -0.2) is 4.98 Å². The van der Waals surface area contributed by atoms with Crippen LogP contribution in [0.15, 0.2) is 36.4 Å². The molecule has 106 valence electrons. The third kappa shape index (κ3) is 3.39. The van der Waals surface area contributed by atoms with Crippen molar-refractivity contribution in [3.05, 3.63) is 47.7 Å². The normalized spacial score (nSPS) is 10.2. The summed E-state index contributed by atoms with van der Waals surface area (Å²) < 4.78 is 11.0. The van der Waals surface area contributed by atoms with Crippen molar-refractivity contribution in [3.8, 4) is 11.5 Å². The molecule has 0 bridgehead atoms.